The number of rotatable bonds is 5. The summed E-state index contributed by atoms with van der Waals surface area (Å²) in [5.74, 6) is -0.814. The number of aromatic carboxylic acids is 1. The van der Waals surface area contributed by atoms with Crippen molar-refractivity contribution in [3.8, 4) is 16.9 Å². The first-order chi connectivity index (χ1) is 18.8. The van der Waals surface area contributed by atoms with Gasteiger partial charge in [0.2, 0.25) is 0 Å². The number of nitrogens with zero attached hydrogens (tertiary/aromatic N) is 5. The predicted octanol–water partition coefficient (Wildman–Crippen LogP) is 4.74. The lowest BCUT2D eigenvalue weighted by Gasteiger charge is -2.17. The summed E-state index contributed by atoms with van der Waals surface area (Å²) in [4.78, 5) is 34.2. The third-order valence-electron chi connectivity index (χ3n) is 6.94. The van der Waals surface area contributed by atoms with Crippen LogP contribution in [0, 0.1) is 13.8 Å². The zero-order valence-electron chi connectivity index (χ0n) is 21.3. The molecule has 0 aliphatic heterocycles. The smallest absolute Gasteiger partial charge is 0.335 e. The zero-order valence-corrected chi connectivity index (χ0v) is 21.3. The molecule has 0 fully saturated rings. The van der Waals surface area contributed by atoms with Gasteiger partial charge >= 0.3 is 5.97 Å². The highest BCUT2D eigenvalue weighted by molar-refractivity contribution is 5.99. The molecule has 0 unspecified atom stereocenters. The van der Waals surface area contributed by atoms with Crippen molar-refractivity contribution >= 4 is 33.6 Å². The van der Waals surface area contributed by atoms with Gasteiger partial charge in [0, 0.05) is 11.3 Å². The fourth-order valence-corrected chi connectivity index (χ4v) is 5.08. The maximum atomic E-state index is 14.0. The summed E-state index contributed by atoms with van der Waals surface area (Å²) in [5, 5.41) is 16.3. The van der Waals surface area contributed by atoms with Gasteiger partial charge < -0.3 is 10.8 Å². The molecule has 0 saturated heterocycles. The lowest BCUT2D eigenvalue weighted by Crippen LogP contribution is -2.25. The molecule has 0 aliphatic rings. The number of aryl methyl sites for hydroxylation is 2. The number of pyridine rings is 1. The normalized spacial score (nSPS) is 11.3. The van der Waals surface area contributed by atoms with Crippen molar-refractivity contribution in [1.82, 2.24) is 24.3 Å². The van der Waals surface area contributed by atoms with Gasteiger partial charge in [-0.1, -0.05) is 48.5 Å². The van der Waals surface area contributed by atoms with Crippen molar-refractivity contribution in [3.05, 3.63) is 112 Å². The quantitative estimate of drug-likeness (QED) is 0.338. The van der Waals surface area contributed by atoms with Crippen LogP contribution in [0.3, 0.4) is 0 Å². The number of hydrogen-bond acceptors (Lipinski definition) is 6. The van der Waals surface area contributed by atoms with Crippen molar-refractivity contribution in [2.75, 3.05) is 5.73 Å². The second kappa shape index (κ2) is 9.21. The Morgan fingerprint density at radius 1 is 0.923 bits per heavy atom. The van der Waals surface area contributed by atoms with Gasteiger partial charge in [-0.25, -0.2) is 19.4 Å². The molecule has 0 saturated carbocycles. The number of benzene rings is 3. The highest BCUT2D eigenvalue weighted by atomic mass is 16.4. The second-order valence-electron chi connectivity index (χ2n) is 9.45. The molecule has 0 spiro atoms. The van der Waals surface area contributed by atoms with Crippen LogP contribution in [0.4, 0.5) is 5.82 Å². The second-order valence-corrected chi connectivity index (χ2v) is 9.45. The number of hydrogen-bond donors (Lipinski definition) is 2. The van der Waals surface area contributed by atoms with Crippen LogP contribution in [0.2, 0.25) is 0 Å². The molecule has 0 atom stereocenters. The van der Waals surface area contributed by atoms with Crippen LogP contribution in [-0.4, -0.2) is 35.4 Å². The van der Waals surface area contributed by atoms with Gasteiger partial charge in [0.25, 0.3) is 5.56 Å². The molecule has 0 amide bonds. The molecule has 3 heterocycles. The number of carboxylic acid groups (broad SMARTS) is 1. The molecular formula is C30H24N6O3. The lowest BCUT2D eigenvalue weighted by atomic mass is 10.1. The Labute approximate surface area is 222 Å². The molecule has 6 rings (SSSR count). The van der Waals surface area contributed by atoms with E-state index in [2.05, 4.69) is 9.97 Å². The molecule has 3 aromatic heterocycles. The fourth-order valence-electron chi connectivity index (χ4n) is 5.08. The first-order valence-electron chi connectivity index (χ1n) is 12.3. The van der Waals surface area contributed by atoms with E-state index in [1.54, 1.807) is 27.4 Å². The first kappa shape index (κ1) is 24.1. The summed E-state index contributed by atoms with van der Waals surface area (Å²) in [6, 6.07) is 22.0. The van der Waals surface area contributed by atoms with E-state index in [4.69, 9.17) is 10.8 Å². The van der Waals surface area contributed by atoms with Crippen LogP contribution >= 0.6 is 0 Å². The molecule has 39 heavy (non-hydrogen) atoms. The monoisotopic (exact) mass is 516 g/mol. The maximum Gasteiger partial charge on any atom is 0.335 e. The number of fused-ring (bicyclic) bond motifs is 2. The van der Waals surface area contributed by atoms with Gasteiger partial charge in [0.1, 0.15) is 17.8 Å². The summed E-state index contributed by atoms with van der Waals surface area (Å²) >= 11 is 0. The molecule has 0 bridgehead atoms. The fraction of sp³-hybridized carbons (Fsp3) is 0.100. The van der Waals surface area contributed by atoms with E-state index < -0.39 is 5.97 Å². The summed E-state index contributed by atoms with van der Waals surface area (Å²) in [6.07, 6.45) is 1.37. The minimum atomic E-state index is -1.04. The summed E-state index contributed by atoms with van der Waals surface area (Å²) in [7, 11) is 0. The molecule has 9 nitrogen and oxygen atoms in total. The standard InChI is InChI=1S/C30H24N6O3/c1-17-7-3-4-12-23(17)36-22(14-19-9-5-8-18(2)24(19)29(36)37)15-35-28-25(27(31)32-16-33-28)26(34-35)20-10-6-11-21(13-20)30(38)39/h3-14,16H,15H2,1-2H3,(H,38,39)(H2,31,32,33). The van der Waals surface area contributed by atoms with Gasteiger partial charge in [-0.15, -0.1) is 0 Å². The highest BCUT2D eigenvalue weighted by Gasteiger charge is 2.21. The molecule has 0 radical (unpaired) electrons. The minimum absolute atomic E-state index is 0.116. The number of para-hydroxylation sites is 1. The maximum absolute atomic E-state index is 14.0. The predicted molar refractivity (Wildman–Crippen MR) is 150 cm³/mol. The Bertz CT molecular complexity index is 1990. The van der Waals surface area contributed by atoms with E-state index in [-0.39, 0.29) is 23.5 Å². The van der Waals surface area contributed by atoms with E-state index in [1.807, 2.05) is 62.4 Å². The zero-order chi connectivity index (χ0) is 27.3. The van der Waals surface area contributed by atoms with E-state index in [9.17, 15) is 14.7 Å². The molecule has 9 heteroatoms. The Balaban J connectivity index is 1.61. The first-order valence-corrected chi connectivity index (χ1v) is 12.3. The van der Waals surface area contributed by atoms with Crippen LogP contribution in [0.15, 0.2) is 83.9 Å². The molecule has 0 aliphatic carbocycles. The van der Waals surface area contributed by atoms with Crippen molar-refractivity contribution in [3.63, 3.8) is 0 Å². The van der Waals surface area contributed by atoms with Crippen molar-refractivity contribution in [1.29, 1.82) is 0 Å². The van der Waals surface area contributed by atoms with Crippen molar-refractivity contribution < 1.29 is 9.90 Å². The molecule has 6 aromatic rings. The van der Waals surface area contributed by atoms with Gasteiger partial charge in [-0.3, -0.25) is 9.36 Å². The largest absolute Gasteiger partial charge is 0.478 e. The van der Waals surface area contributed by atoms with Crippen LogP contribution in [-0.2, 0) is 6.54 Å². The third-order valence-corrected chi connectivity index (χ3v) is 6.94. The van der Waals surface area contributed by atoms with Crippen molar-refractivity contribution in [2.24, 2.45) is 0 Å². The molecule has 3 aromatic carbocycles. The molecule has 192 valence electrons. The number of nitrogens with two attached hydrogens (primary N) is 1. The topological polar surface area (TPSA) is 129 Å². The van der Waals surface area contributed by atoms with E-state index in [0.717, 1.165) is 22.2 Å². The van der Waals surface area contributed by atoms with Gasteiger partial charge in [0.15, 0.2) is 5.65 Å². The summed E-state index contributed by atoms with van der Waals surface area (Å²) < 4.78 is 3.41. The average Bonchev–Trinajstić information content (AvgIpc) is 3.29. The Morgan fingerprint density at radius 3 is 2.49 bits per heavy atom. The van der Waals surface area contributed by atoms with E-state index in [1.165, 1.54) is 12.4 Å². The molecule has 3 N–H and O–H groups in total. The van der Waals surface area contributed by atoms with Gasteiger partial charge in [-0.2, -0.15) is 5.10 Å². The Kier molecular flexibility index (Phi) is 5.68. The minimum Gasteiger partial charge on any atom is -0.478 e. The van der Waals surface area contributed by atoms with Crippen LogP contribution in [0.25, 0.3) is 38.8 Å². The summed E-state index contributed by atoms with van der Waals surface area (Å²) in [6.45, 7) is 4.11. The third kappa shape index (κ3) is 4.00. The van der Waals surface area contributed by atoms with E-state index >= 15 is 0 Å². The number of anilines is 1. The number of aromatic nitrogens is 5. The SMILES string of the molecule is Cc1ccccc1-n1c(Cn2nc(-c3cccc(C(=O)O)c3)c3c(N)ncnc32)cc2cccc(C)c2c1=O. The number of carboxylic acids is 1. The average molecular weight is 517 g/mol. The Hall–Kier alpha value is -5.31. The lowest BCUT2D eigenvalue weighted by molar-refractivity contribution is 0.0697. The van der Waals surface area contributed by atoms with Crippen LogP contribution in [0.1, 0.15) is 27.2 Å². The number of nitrogen functional groups attached to an aromatic ring is 1. The Morgan fingerprint density at radius 2 is 1.69 bits per heavy atom. The van der Waals surface area contributed by atoms with Crippen molar-refractivity contribution in [2.45, 2.75) is 20.4 Å². The highest BCUT2D eigenvalue weighted by Crippen LogP contribution is 2.31. The van der Waals surface area contributed by atoms with Gasteiger partial charge in [-0.05, 0) is 54.6 Å². The van der Waals surface area contributed by atoms with E-state index in [0.29, 0.717) is 33.4 Å². The summed E-state index contributed by atoms with van der Waals surface area (Å²) in [5.41, 5.74) is 11.2. The van der Waals surface area contributed by atoms with Crippen LogP contribution < -0.4 is 11.3 Å². The van der Waals surface area contributed by atoms with Gasteiger partial charge in [0.05, 0.1) is 28.6 Å². The van der Waals surface area contributed by atoms with Crippen LogP contribution in [0.5, 0.6) is 0 Å². The number of carbonyl (C=O) groups is 1. The molecular weight excluding hydrogens is 492 g/mol.